The molecule has 1 heterocycles. The number of carbonyl (C=O) groups excluding carboxylic acids is 1. The fraction of sp³-hybridized carbons (Fsp3) is 0.500. The van der Waals surface area contributed by atoms with E-state index in [4.69, 9.17) is 9.47 Å². The zero-order chi connectivity index (χ0) is 13.9. The second-order valence-electron chi connectivity index (χ2n) is 5.04. The Hall–Kier alpha value is -1.27. The van der Waals surface area contributed by atoms with Crippen LogP contribution < -0.4 is 20.1 Å². The number of ether oxygens (including phenoxy) is 2. The second-order valence-corrected chi connectivity index (χ2v) is 5.89. The summed E-state index contributed by atoms with van der Waals surface area (Å²) in [6.45, 7) is 2.42. The Labute approximate surface area is 126 Å². The van der Waals surface area contributed by atoms with Crippen molar-refractivity contribution in [3.8, 4) is 11.5 Å². The van der Waals surface area contributed by atoms with Crippen LogP contribution in [-0.4, -0.2) is 25.8 Å². The summed E-state index contributed by atoms with van der Waals surface area (Å²) in [6, 6.07) is 3.90. The van der Waals surface area contributed by atoms with Gasteiger partial charge >= 0.3 is 0 Å². The Balaban J connectivity index is 1.43. The molecule has 3 rings (SSSR count). The van der Waals surface area contributed by atoms with Crippen molar-refractivity contribution >= 4 is 21.8 Å². The number of hydrogen-bond acceptors (Lipinski definition) is 4. The smallest absolute Gasteiger partial charge is 0.231 e. The topological polar surface area (TPSA) is 59.6 Å². The van der Waals surface area contributed by atoms with Crippen LogP contribution in [0, 0.1) is 5.92 Å². The Kier molecular flexibility index (Phi) is 4.12. The van der Waals surface area contributed by atoms with Gasteiger partial charge in [0.05, 0.1) is 0 Å². The van der Waals surface area contributed by atoms with E-state index in [1.54, 1.807) is 0 Å². The highest BCUT2D eigenvalue weighted by molar-refractivity contribution is 9.10. The second kappa shape index (κ2) is 6.01. The zero-order valence-corrected chi connectivity index (χ0v) is 12.7. The quantitative estimate of drug-likeness (QED) is 0.775. The highest BCUT2D eigenvalue weighted by Crippen LogP contribution is 2.36. The van der Waals surface area contributed by atoms with Crippen molar-refractivity contribution in [2.24, 2.45) is 5.92 Å². The summed E-state index contributed by atoms with van der Waals surface area (Å²) >= 11 is 3.52. The molecule has 1 saturated carbocycles. The van der Waals surface area contributed by atoms with Crippen molar-refractivity contribution in [3.63, 3.8) is 0 Å². The predicted molar refractivity (Wildman–Crippen MR) is 77.7 cm³/mol. The van der Waals surface area contributed by atoms with E-state index < -0.39 is 0 Å². The van der Waals surface area contributed by atoms with Gasteiger partial charge in [0.25, 0.3) is 0 Å². The normalized spacial score (nSPS) is 16.2. The first-order chi connectivity index (χ1) is 9.74. The van der Waals surface area contributed by atoms with Gasteiger partial charge in [-0.1, -0.05) is 15.9 Å². The Morgan fingerprint density at radius 2 is 2.00 bits per heavy atom. The van der Waals surface area contributed by atoms with Gasteiger partial charge in [-0.15, -0.1) is 0 Å². The molecule has 0 spiro atoms. The number of halogens is 1. The molecule has 1 fully saturated rings. The first-order valence-electron chi connectivity index (χ1n) is 6.80. The number of amides is 1. The first-order valence-corrected chi connectivity index (χ1v) is 7.60. The lowest BCUT2D eigenvalue weighted by Gasteiger charge is -2.09. The van der Waals surface area contributed by atoms with E-state index in [2.05, 4.69) is 26.6 Å². The summed E-state index contributed by atoms with van der Waals surface area (Å²) in [5.74, 6) is 2.03. The molecule has 1 aliphatic carbocycles. The molecule has 20 heavy (non-hydrogen) atoms. The van der Waals surface area contributed by atoms with Gasteiger partial charge in [-0.3, -0.25) is 4.79 Å². The summed E-state index contributed by atoms with van der Waals surface area (Å²) < 4.78 is 11.7. The monoisotopic (exact) mass is 340 g/mol. The molecule has 2 N–H and O–H groups in total. The summed E-state index contributed by atoms with van der Waals surface area (Å²) in [5, 5.41) is 6.24. The molecule has 0 radical (unpaired) electrons. The molecule has 0 saturated heterocycles. The molecule has 1 amide bonds. The van der Waals surface area contributed by atoms with Crippen LogP contribution in [-0.2, 0) is 11.3 Å². The van der Waals surface area contributed by atoms with Crippen molar-refractivity contribution in [1.82, 2.24) is 10.6 Å². The molecule has 1 aliphatic heterocycles. The molecule has 5 nitrogen and oxygen atoms in total. The number of benzene rings is 1. The minimum absolute atomic E-state index is 0.191. The van der Waals surface area contributed by atoms with Crippen LogP contribution in [0.5, 0.6) is 11.5 Å². The van der Waals surface area contributed by atoms with Gasteiger partial charge < -0.3 is 20.1 Å². The third-order valence-electron chi connectivity index (χ3n) is 3.41. The summed E-state index contributed by atoms with van der Waals surface area (Å²) in [5.41, 5.74) is 1.11. The number of hydrogen-bond donors (Lipinski definition) is 2. The third kappa shape index (κ3) is 3.24. The van der Waals surface area contributed by atoms with Crippen molar-refractivity contribution in [2.45, 2.75) is 19.4 Å². The summed E-state index contributed by atoms with van der Waals surface area (Å²) in [6.07, 6.45) is 2.09. The van der Waals surface area contributed by atoms with E-state index in [1.807, 2.05) is 12.1 Å². The van der Waals surface area contributed by atoms with Crippen LogP contribution in [0.3, 0.4) is 0 Å². The van der Waals surface area contributed by atoms with Crippen LogP contribution in [0.4, 0.5) is 0 Å². The minimum Gasteiger partial charge on any atom is -0.454 e. The van der Waals surface area contributed by atoms with Gasteiger partial charge in [0, 0.05) is 30.0 Å². The molecular formula is C14H17BrN2O3. The predicted octanol–water partition coefficient (Wildman–Crippen LogP) is 1.79. The van der Waals surface area contributed by atoms with Crippen LogP contribution in [0.25, 0.3) is 0 Å². The maximum atomic E-state index is 11.4. The average Bonchev–Trinajstić information content (AvgIpc) is 3.19. The van der Waals surface area contributed by atoms with Crippen LogP contribution in [0.1, 0.15) is 18.4 Å². The Morgan fingerprint density at radius 3 is 2.75 bits per heavy atom. The van der Waals surface area contributed by atoms with Crippen molar-refractivity contribution in [2.75, 3.05) is 19.9 Å². The Bertz CT molecular complexity index is 517. The highest BCUT2D eigenvalue weighted by Gasteiger charge is 2.28. The fourth-order valence-corrected chi connectivity index (χ4v) is 2.54. The summed E-state index contributed by atoms with van der Waals surface area (Å²) in [7, 11) is 0. The molecule has 2 aliphatic rings. The molecule has 1 aromatic rings. The van der Waals surface area contributed by atoms with E-state index in [0.717, 1.165) is 47.5 Å². The van der Waals surface area contributed by atoms with E-state index in [-0.39, 0.29) is 18.6 Å². The maximum Gasteiger partial charge on any atom is 0.231 e. The van der Waals surface area contributed by atoms with E-state index >= 15 is 0 Å². The zero-order valence-electron chi connectivity index (χ0n) is 11.1. The third-order valence-corrected chi connectivity index (χ3v) is 4.14. The maximum absolute atomic E-state index is 11.4. The number of fused-ring (bicyclic) bond motifs is 1. The van der Waals surface area contributed by atoms with Gasteiger partial charge in [-0.2, -0.15) is 0 Å². The lowest BCUT2D eigenvalue weighted by molar-refractivity contribution is -0.122. The molecule has 0 bridgehead atoms. The molecule has 0 atom stereocenters. The molecule has 6 heteroatoms. The van der Waals surface area contributed by atoms with Crippen LogP contribution >= 0.6 is 15.9 Å². The minimum atomic E-state index is 0.191. The van der Waals surface area contributed by atoms with Gasteiger partial charge in [0.15, 0.2) is 11.5 Å². The molecule has 0 aromatic heterocycles. The number of rotatable bonds is 6. The first kappa shape index (κ1) is 13.7. The van der Waals surface area contributed by atoms with Gasteiger partial charge in [0.1, 0.15) is 0 Å². The molecule has 1 aromatic carbocycles. The van der Waals surface area contributed by atoms with Crippen LogP contribution in [0.2, 0.25) is 0 Å². The lowest BCUT2D eigenvalue weighted by atomic mass is 10.2. The Morgan fingerprint density at radius 1 is 1.25 bits per heavy atom. The van der Waals surface area contributed by atoms with E-state index in [9.17, 15) is 4.79 Å². The standard InChI is InChI=1S/C14H17BrN2O3/c15-11-6-13-12(19-8-20-13)5-10(11)7-16-3-4-17-14(18)9-1-2-9/h5-6,9,16H,1-4,7-8H2,(H,17,18). The SMILES string of the molecule is O=C(NCCNCc1cc2c(cc1Br)OCO2)C1CC1. The molecular weight excluding hydrogens is 324 g/mol. The van der Waals surface area contributed by atoms with Crippen LogP contribution in [0.15, 0.2) is 16.6 Å². The lowest BCUT2D eigenvalue weighted by Crippen LogP contribution is -2.32. The number of nitrogens with one attached hydrogen (secondary N) is 2. The van der Waals surface area contributed by atoms with Crippen molar-refractivity contribution < 1.29 is 14.3 Å². The summed E-state index contributed by atoms with van der Waals surface area (Å²) in [4.78, 5) is 11.4. The van der Waals surface area contributed by atoms with E-state index in [0.29, 0.717) is 6.54 Å². The highest BCUT2D eigenvalue weighted by atomic mass is 79.9. The van der Waals surface area contributed by atoms with Gasteiger partial charge in [-0.05, 0) is 30.5 Å². The van der Waals surface area contributed by atoms with Crippen molar-refractivity contribution in [1.29, 1.82) is 0 Å². The molecule has 108 valence electrons. The number of carbonyl (C=O) groups is 1. The molecule has 0 unspecified atom stereocenters. The fourth-order valence-electron chi connectivity index (χ4n) is 2.08. The van der Waals surface area contributed by atoms with Gasteiger partial charge in [0.2, 0.25) is 12.7 Å². The van der Waals surface area contributed by atoms with Gasteiger partial charge in [-0.25, -0.2) is 0 Å². The largest absolute Gasteiger partial charge is 0.454 e. The van der Waals surface area contributed by atoms with E-state index in [1.165, 1.54) is 0 Å². The van der Waals surface area contributed by atoms with Crippen molar-refractivity contribution in [3.05, 3.63) is 22.2 Å². The average molecular weight is 341 g/mol.